The lowest BCUT2D eigenvalue weighted by molar-refractivity contribution is 0.102. The van der Waals surface area contributed by atoms with E-state index in [0.717, 1.165) is 11.3 Å². The van der Waals surface area contributed by atoms with E-state index in [0.29, 0.717) is 27.9 Å². The molecule has 0 aliphatic carbocycles. The van der Waals surface area contributed by atoms with E-state index in [1.807, 2.05) is 36.4 Å². The SMILES string of the molecule is O=C(Nc1ccccc1Cl)c1ccc(COc2ccc(Cl)cc2)cc1. The summed E-state index contributed by atoms with van der Waals surface area (Å²) in [6.07, 6.45) is 0. The number of amides is 1. The maximum atomic E-state index is 12.3. The second kappa shape index (κ2) is 8.06. The number of halogens is 2. The number of ether oxygens (including phenoxy) is 1. The minimum atomic E-state index is -0.210. The lowest BCUT2D eigenvalue weighted by Gasteiger charge is -2.09. The molecule has 0 aliphatic heterocycles. The summed E-state index contributed by atoms with van der Waals surface area (Å²) in [6, 6.07) is 21.5. The van der Waals surface area contributed by atoms with Gasteiger partial charge in [0.05, 0.1) is 10.7 Å². The van der Waals surface area contributed by atoms with Crippen LogP contribution in [0.15, 0.2) is 72.8 Å². The van der Waals surface area contributed by atoms with Gasteiger partial charge in [-0.3, -0.25) is 4.79 Å². The average molecular weight is 372 g/mol. The Morgan fingerprint density at radius 3 is 2.24 bits per heavy atom. The Bertz CT molecular complexity index is 862. The molecule has 0 saturated carbocycles. The largest absolute Gasteiger partial charge is 0.489 e. The Morgan fingerprint density at radius 2 is 1.56 bits per heavy atom. The summed E-state index contributed by atoms with van der Waals surface area (Å²) >= 11 is 11.9. The molecular weight excluding hydrogens is 357 g/mol. The molecule has 1 N–H and O–H groups in total. The van der Waals surface area contributed by atoms with Gasteiger partial charge in [-0.15, -0.1) is 0 Å². The molecule has 0 heterocycles. The van der Waals surface area contributed by atoms with Gasteiger partial charge in [-0.25, -0.2) is 0 Å². The van der Waals surface area contributed by atoms with Crippen LogP contribution in [0, 0.1) is 0 Å². The van der Waals surface area contributed by atoms with Crippen molar-refractivity contribution in [2.45, 2.75) is 6.61 Å². The fourth-order valence-electron chi connectivity index (χ4n) is 2.21. The topological polar surface area (TPSA) is 38.3 Å². The fraction of sp³-hybridized carbons (Fsp3) is 0.0500. The van der Waals surface area contributed by atoms with Crippen LogP contribution in [0.2, 0.25) is 10.0 Å². The quantitative estimate of drug-likeness (QED) is 0.612. The highest BCUT2D eigenvalue weighted by Crippen LogP contribution is 2.21. The lowest BCUT2D eigenvalue weighted by Crippen LogP contribution is -2.12. The monoisotopic (exact) mass is 371 g/mol. The van der Waals surface area contributed by atoms with Gasteiger partial charge < -0.3 is 10.1 Å². The Balaban J connectivity index is 1.60. The third-order valence-electron chi connectivity index (χ3n) is 3.56. The minimum Gasteiger partial charge on any atom is -0.489 e. The Morgan fingerprint density at radius 1 is 0.880 bits per heavy atom. The van der Waals surface area contributed by atoms with Crippen molar-refractivity contribution < 1.29 is 9.53 Å². The molecule has 3 nitrogen and oxygen atoms in total. The molecule has 0 saturated heterocycles. The number of hydrogen-bond acceptors (Lipinski definition) is 2. The Kier molecular flexibility index (Phi) is 5.59. The molecule has 0 atom stereocenters. The molecule has 126 valence electrons. The van der Waals surface area contributed by atoms with Crippen molar-refractivity contribution in [2.24, 2.45) is 0 Å². The standard InChI is InChI=1S/C20H15Cl2NO2/c21-16-9-11-17(12-10-16)25-13-14-5-7-15(8-6-14)20(24)23-19-4-2-1-3-18(19)22/h1-12H,13H2,(H,23,24). The lowest BCUT2D eigenvalue weighted by atomic mass is 10.1. The second-order valence-electron chi connectivity index (χ2n) is 5.37. The van der Waals surface area contributed by atoms with Crippen molar-refractivity contribution in [2.75, 3.05) is 5.32 Å². The molecule has 3 aromatic carbocycles. The Labute approximate surface area is 156 Å². The predicted octanol–water partition coefficient (Wildman–Crippen LogP) is 5.82. The average Bonchev–Trinajstić information content (AvgIpc) is 2.63. The molecule has 3 rings (SSSR count). The van der Waals surface area contributed by atoms with E-state index in [1.54, 1.807) is 36.4 Å². The molecular formula is C20H15Cl2NO2. The zero-order valence-electron chi connectivity index (χ0n) is 13.2. The molecule has 0 fully saturated rings. The van der Waals surface area contributed by atoms with Crippen LogP contribution < -0.4 is 10.1 Å². The number of nitrogens with one attached hydrogen (secondary N) is 1. The third kappa shape index (κ3) is 4.75. The zero-order chi connectivity index (χ0) is 17.6. The molecule has 0 unspecified atom stereocenters. The summed E-state index contributed by atoms with van der Waals surface area (Å²) in [5.41, 5.74) is 2.10. The predicted molar refractivity (Wildman–Crippen MR) is 102 cm³/mol. The summed E-state index contributed by atoms with van der Waals surface area (Å²) < 4.78 is 5.68. The number of anilines is 1. The van der Waals surface area contributed by atoms with Gasteiger partial charge in [-0.2, -0.15) is 0 Å². The van der Waals surface area contributed by atoms with Crippen LogP contribution in [0.1, 0.15) is 15.9 Å². The number of carbonyl (C=O) groups is 1. The van der Waals surface area contributed by atoms with Crippen LogP contribution in [0.4, 0.5) is 5.69 Å². The smallest absolute Gasteiger partial charge is 0.255 e. The van der Waals surface area contributed by atoms with Gasteiger partial charge in [-0.1, -0.05) is 47.5 Å². The number of rotatable bonds is 5. The molecule has 0 aliphatic rings. The van der Waals surface area contributed by atoms with Gasteiger partial charge in [0.1, 0.15) is 12.4 Å². The third-order valence-corrected chi connectivity index (χ3v) is 4.14. The first-order chi connectivity index (χ1) is 12.1. The van der Waals surface area contributed by atoms with Gasteiger partial charge >= 0.3 is 0 Å². The van der Waals surface area contributed by atoms with Crippen LogP contribution in [-0.4, -0.2) is 5.91 Å². The van der Waals surface area contributed by atoms with E-state index >= 15 is 0 Å². The number of carbonyl (C=O) groups excluding carboxylic acids is 1. The van der Waals surface area contributed by atoms with Crippen molar-refractivity contribution >= 4 is 34.8 Å². The molecule has 0 radical (unpaired) electrons. The zero-order valence-corrected chi connectivity index (χ0v) is 14.7. The van der Waals surface area contributed by atoms with Crippen LogP contribution in [0.25, 0.3) is 0 Å². The highest BCUT2D eigenvalue weighted by atomic mass is 35.5. The van der Waals surface area contributed by atoms with E-state index < -0.39 is 0 Å². The first-order valence-electron chi connectivity index (χ1n) is 7.65. The van der Waals surface area contributed by atoms with E-state index in [2.05, 4.69) is 5.32 Å². The molecule has 0 spiro atoms. The van der Waals surface area contributed by atoms with E-state index in [4.69, 9.17) is 27.9 Å². The summed E-state index contributed by atoms with van der Waals surface area (Å²) in [7, 11) is 0. The van der Waals surface area contributed by atoms with Crippen LogP contribution >= 0.6 is 23.2 Å². The van der Waals surface area contributed by atoms with Crippen molar-refractivity contribution in [3.05, 3.63) is 94.0 Å². The van der Waals surface area contributed by atoms with Gasteiger partial charge in [0, 0.05) is 10.6 Å². The fourth-order valence-corrected chi connectivity index (χ4v) is 2.52. The van der Waals surface area contributed by atoms with Crippen molar-refractivity contribution in [1.82, 2.24) is 0 Å². The maximum absolute atomic E-state index is 12.3. The molecule has 25 heavy (non-hydrogen) atoms. The van der Waals surface area contributed by atoms with Crippen LogP contribution in [-0.2, 0) is 6.61 Å². The van der Waals surface area contributed by atoms with Crippen LogP contribution in [0.5, 0.6) is 5.75 Å². The normalized spacial score (nSPS) is 10.3. The van der Waals surface area contributed by atoms with Gasteiger partial charge in [-0.05, 0) is 54.1 Å². The molecule has 3 aromatic rings. The van der Waals surface area contributed by atoms with Crippen molar-refractivity contribution in [1.29, 1.82) is 0 Å². The van der Waals surface area contributed by atoms with E-state index in [9.17, 15) is 4.79 Å². The van der Waals surface area contributed by atoms with Crippen molar-refractivity contribution in [3.63, 3.8) is 0 Å². The molecule has 5 heteroatoms. The maximum Gasteiger partial charge on any atom is 0.255 e. The molecule has 0 aromatic heterocycles. The Hall–Kier alpha value is -2.49. The van der Waals surface area contributed by atoms with E-state index in [-0.39, 0.29) is 5.91 Å². The first-order valence-corrected chi connectivity index (χ1v) is 8.40. The summed E-state index contributed by atoms with van der Waals surface area (Å²) in [5, 5.41) is 3.97. The number of para-hydroxylation sites is 1. The number of hydrogen-bond donors (Lipinski definition) is 1. The van der Waals surface area contributed by atoms with Crippen LogP contribution in [0.3, 0.4) is 0 Å². The van der Waals surface area contributed by atoms with Gasteiger partial charge in [0.25, 0.3) is 5.91 Å². The highest BCUT2D eigenvalue weighted by molar-refractivity contribution is 6.33. The molecule has 0 bridgehead atoms. The van der Waals surface area contributed by atoms with Gasteiger partial charge in [0.2, 0.25) is 0 Å². The minimum absolute atomic E-state index is 0.210. The number of benzene rings is 3. The first kappa shape index (κ1) is 17.3. The second-order valence-corrected chi connectivity index (χ2v) is 6.22. The van der Waals surface area contributed by atoms with E-state index in [1.165, 1.54) is 0 Å². The summed E-state index contributed by atoms with van der Waals surface area (Å²) in [6.45, 7) is 0.411. The summed E-state index contributed by atoms with van der Waals surface area (Å²) in [4.78, 5) is 12.3. The van der Waals surface area contributed by atoms with Crippen molar-refractivity contribution in [3.8, 4) is 5.75 Å². The van der Waals surface area contributed by atoms with Gasteiger partial charge in [0.15, 0.2) is 0 Å². The molecule has 1 amide bonds. The highest BCUT2D eigenvalue weighted by Gasteiger charge is 2.08. The summed E-state index contributed by atoms with van der Waals surface area (Å²) in [5.74, 6) is 0.531.